The molecule has 1 aromatic carbocycles. The fraction of sp³-hybridized carbons (Fsp3) is 0.600. The molecule has 1 saturated heterocycles. The fourth-order valence-electron chi connectivity index (χ4n) is 3.60. The van der Waals surface area contributed by atoms with Gasteiger partial charge in [0.25, 0.3) is 11.8 Å². The number of rotatable bonds is 8. The smallest absolute Gasteiger partial charge is 0.252 e. The lowest BCUT2D eigenvalue weighted by Crippen LogP contribution is -2.42. The zero-order valence-corrected chi connectivity index (χ0v) is 17.1. The first-order valence-corrected chi connectivity index (χ1v) is 10.9. The average Bonchev–Trinajstić information content (AvgIpc) is 3.21. The van der Waals surface area contributed by atoms with Crippen LogP contribution in [0.25, 0.3) is 0 Å². The number of fused-ring (bicyclic) bond motifs is 1. The van der Waals surface area contributed by atoms with Crippen LogP contribution in [0.4, 0.5) is 5.69 Å². The number of benzene rings is 1. The van der Waals surface area contributed by atoms with Crippen LogP contribution in [0.15, 0.2) is 23.1 Å². The quantitative estimate of drug-likeness (QED) is 0.668. The van der Waals surface area contributed by atoms with E-state index in [0.717, 1.165) is 62.6 Å². The Labute approximate surface area is 166 Å². The molecule has 7 heteroatoms. The highest BCUT2D eigenvalue weighted by molar-refractivity contribution is 8.00. The van der Waals surface area contributed by atoms with Crippen molar-refractivity contribution < 1.29 is 9.59 Å². The first-order valence-electron chi connectivity index (χ1n) is 9.98. The molecule has 0 spiro atoms. The second-order valence-electron chi connectivity index (χ2n) is 7.05. The fourth-order valence-corrected chi connectivity index (χ4v) is 4.75. The van der Waals surface area contributed by atoms with Gasteiger partial charge in [-0.3, -0.25) is 14.5 Å². The van der Waals surface area contributed by atoms with Crippen LogP contribution in [0.3, 0.4) is 0 Å². The standard InChI is InChI=1S/C20H30N4O2S/c1-3-23(4-2)11-7-10-21-18(25)15-8-9-17-16(14-15)22-19(26)20(27-17)24-12-5-6-13-24/h8-9,14,20H,3-7,10-13H2,1-2H3,(H,21,25)(H,22,26). The number of nitrogens with one attached hydrogen (secondary N) is 2. The lowest BCUT2D eigenvalue weighted by atomic mass is 10.1. The summed E-state index contributed by atoms with van der Waals surface area (Å²) < 4.78 is 0. The van der Waals surface area contributed by atoms with Gasteiger partial charge in [0.15, 0.2) is 0 Å². The molecule has 2 N–H and O–H groups in total. The number of amides is 2. The van der Waals surface area contributed by atoms with Gasteiger partial charge in [-0.15, -0.1) is 0 Å². The van der Waals surface area contributed by atoms with Crippen LogP contribution in [0.1, 0.15) is 43.5 Å². The van der Waals surface area contributed by atoms with Crippen LogP contribution < -0.4 is 10.6 Å². The van der Waals surface area contributed by atoms with Crippen molar-refractivity contribution in [1.29, 1.82) is 0 Å². The van der Waals surface area contributed by atoms with E-state index in [2.05, 4.69) is 34.3 Å². The zero-order chi connectivity index (χ0) is 19.2. The summed E-state index contributed by atoms with van der Waals surface area (Å²) >= 11 is 1.59. The lowest BCUT2D eigenvalue weighted by Gasteiger charge is -2.30. The maximum absolute atomic E-state index is 12.5. The molecule has 0 aromatic heterocycles. The van der Waals surface area contributed by atoms with Gasteiger partial charge in [-0.05, 0) is 70.2 Å². The maximum atomic E-state index is 12.5. The number of hydrogen-bond donors (Lipinski definition) is 2. The molecule has 2 aliphatic rings. The molecule has 0 aliphatic carbocycles. The van der Waals surface area contributed by atoms with Gasteiger partial charge in [0.1, 0.15) is 5.37 Å². The number of carbonyl (C=O) groups excluding carboxylic acids is 2. The van der Waals surface area contributed by atoms with Gasteiger partial charge in [0.05, 0.1) is 5.69 Å². The minimum absolute atomic E-state index is 0.0196. The molecule has 3 rings (SSSR count). The van der Waals surface area contributed by atoms with E-state index in [4.69, 9.17) is 0 Å². The minimum atomic E-state index is -0.153. The van der Waals surface area contributed by atoms with Gasteiger partial charge in [0.2, 0.25) is 0 Å². The number of thioether (sulfide) groups is 1. The van der Waals surface area contributed by atoms with Crippen molar-refractivity contribution in [2.75, 3.05) is 44.6 Å². The zero-order valence-electron chi connectivity index (χ0n) is 16.3. The number of nitrogens with zero attached hydrogens (tertiary/aromatic N) is 2. The summed E-state index contributed by atoms with van der Waals surface area (Å²) in [4.78, 5) is 30.5. The summed E-state index contributed by atoms with van der Waals surface area (Å²) in [5.41, 5.74) is 1.34. The van der Waals surface area contributed by atoms with E-state index in [1.54, 1.807) is 17.8 Å². The molecule has 1 aromatic rings. The minimum Gasteiger partial charge on any atom is -0.352 e. The monoisotopic (exact) mass is 390 g/mol. The first kappa shape index (κ1) is 20.2. The summed E-state index contributed by atoms with van der Waals surface area (Å²) in [6.07, 6.45) is 3.25. The lowest BCUT2D eigenvalue weighted by molar-refractivity contribution is -0.118. The van der Waals surface area contributed by atoms with E-state index in [1.165, 1.54) is 0 Å². The van der Waals surface area contributed by atoms with Crippen molar-refractivity contribution in [2.24, 2.45) is 0 Å². The third-order valence-corrected chi connectivity index (χ3v) is 6.61. The maximum Gasteiger partial charge on any atom is 0.252 e. The van der Waals surface area contributed by atoms with Gasteiger partial charge >= 0.3 is 0 Å². The van der Waals surface area contributed by atoms with Crippen LogP contribution in [0.5, 0.6) is 0 Å². The molecule has 27 heavy (non-hydrogen) atoms. The summed E-state index contributed by atoms with van der Waals surface area (Å²) in [6.45, 7) is 9.97. The van der Waals surface area contributed by atoms with Crippen molar-refractivity contribution in [3.05, 3.63) is 23.8 Å². The van der Waals surface area contributed by atoms with Crippen LogP contribution in [0, 0.1) is 0 Å². The van der Waals surface area contributed by atoms with Crippen molar-refractivity contribution in [3.63, 3.8) is 0 Å². The molecular formula is C20H30N4O2S. The molecule has 2 amide bonds. The Morgan fingerprint density at radius 3 is 2.74 bits per heavy atom. The van der Waals surface area contributed by atoms with Gasteiger partial charge in [-0.2, -0.15) is 0 Å². The SMILES string of the molecule is CCN(CC)CCCNC(=O)c1ccc2c(c1)NC(=O)C(N1CCCC1)S2. The highest BCUT2D eigenvalue weighted by Gasteiger charge is 2.33. The van der Waals surface area contributed by atoms with E-state index in [-0.39, 0.29) is 17.2 Å². The van der Waals surface area contributed by atoms with E-state index < -0.39 is 0 Å². The normalized spacial score (nSPS) is 19.8. The average molecular weight is 391 g/mol. The van der Waals surface area contributed by atoms with Crippen molar-refractivity contribution in [3.8, 4) is 0 Å². The van der Waals surface area contributed by atoms with Crippen molar-refractivity contribution in [1.82, 2.24) is 15.1 Å². The third kappa shape index (κ3) is 5.03. The van der Waals surface area contributed by atoms with Gasteiger partial charge in [0, 0.05) is 17.0 Å². The van der Waals surface area contributed by atoms with E-state index in [0.29, 0.717) is 12.1 Å². The Balaban J connectivity index is 1.55. The summed E-state index contributed by atoms with van der Waals surface area (Å²) in [7, 11) is 0. The highest BCUT2D eigenvalue weighted by atomic mass is 32.2. The molecule has 1 fully saturated rings. The molecule has 0 saturated carbocycles. The van der Waals surface area contributed by atoms with E-state index in [1.807, 2.05) is 12.1 Å². The molecule has 1 unspecified atom stereocenters. The molecular weight excluding hydrogens is 360 g/mol. The van der Waals surface area contributed by atoms with Crippen LogP contribution >= 0.6 is 11.8 Å². The molecule has 0 radical (unpaired) electrons. The predicted octanol–water partition coefficient (Wildman–Crippen LogP) is 2.61. The number of carbonyl (C=O) groups is 2. The Morgan fingerprint density at radius 2 is 2.04 bits per heavy atom. The number of anilines is 1. The second kappa shape index (κ2) is 9.57. The summed E-state index contributed by atoms with van der Waals surface area (Å²) in [5, 5.41) is 5.82. The predicted molar refractivity (Wildman–Crippen MR) is 110 cm³/mol. The molecule has 148 valence electrons. The first-order chi connectivity index (χ1) is 13.1. The van der Waals surface area contributed by atoms with Gasteiger partial charge < -0.3 is 15.5 Å². The Hall–Kier alpha value is -1.57. The topological polar surface area (TPSA) is 64.7 Å². The van der Waals surface area contributed by atoms with E-state index >= 15 is 0 Å². The van der Waals surface area contributed by atoms with Crippen LogP contribution in [-0.2, 0) is 4.79 Å². The Morgan fingerprint density at radius 1 is 1.30 bits per heavy atom. The summed E-state index contributed by atoms with van der Waals surface area (Å²) in [5.74, 6) is -0.0653. The molecule has 6 nitrogen and oxygen atoms in total. The molecule has 2 aliphatic heterocycles. The van der Waals surface area contributed by atoms with Crippen LogP contribution in [-0.4, -0.2) is 66.3 Å². The molecule has 0 bridgehead atoms. The highest BCUT2D eigenvalue weighted by Crippen LogP contribution is 2.38. The van der Waals surface area contributed by atoms with Gasteiger partial charge in [-0.25, -0.2) is 0 Å². The number of likely N-dealkylation sites (tertiary alicyclic amines) is 1. The van der Waals surface area contributed by atoms with Crippen molar-refractivity contribution >= 4 is 29.3 Å². The largest absolute Gasteiger partial charge is 0.352 e. The van der Waals surface area contributed by atoms with Crippen molar-refractivity contribution in [2.45, 2.75) is 43.4 Å². The van der Waals surface area contributed by atoms with E-state index in [9.17, 15) is 9.59 Å². The Bertz CT molecular complexity index is 672. The van der Waals surface area contributed by atoms with Crippen LogP contribution in [0.2, 0.25) is 0 Å². The van der Waals surface area contributed by atoms with Gasteiger partial charge in [-0.1, -0.05) is 25.6 Å². The Kier molecular flexibility index (Phi) is 7.15. The molecule has 1 atom stereocenters. The summed E-state index contributed by atoms with van der Waals surface area (Å²) in [6, 6.07) is 5.59. The molecule has 2 heterocycles. The number of hydrogen-bond acceptors (Lipinski definition) is 5. The third-order valence-electron chi connectivity index (χ3n) is 5.27. The second-order valence-corrected chi connectivity index (χ2v) is 8.17.